The van der Waals surface area contributed by atoms with E-state index in [2.05, 4.69) is 48.3 Å². The van der Waals surface area contributed by atoms with Crippen LogP contribution in [0.3, 0.4) is 0 Å². The summed E-state index contributed by atoms with van der Waals surface area (Å²) in [7, 11) is 0. The van der Waals surface area contributed by atoms with E-state index in [4.69, 9.17) is 15.3 Å². The number of anilines is 1. The fraction of sp³-hybridized carbons (Fsp3) is 0.300. The molecular formula is C20H23Co2FN4. The molecule has 0 aromatic heterocycles. The molecule has 0 amide bonds. The van der Waals surface area contributed by atoms with Crippen molar-refractivity contribution in [3.8, 4) is 0 Å². The molecule has 0 bridgehead atoms. The molecule has 3 N–H and O–H groups in total. The van der Waals surface area contributed by atoms with E-state index >= 15 is 0 Å². The average Bonchev–Trinajstić information content (AvgIpc) is 2.70. The summed E-state index contributed by atoms with van der Waals surface area (Å²) in [6.45, 7) is 4.61. The molecule has 4 nitrogen and oxygen atoms in total. The molecule has 2 aromatic rings. The average molecular weight is 456 g/mol. The summed E-state index contributed by atoms with van der Waals surface area (Å²) in [4.78, 5) is 2.32. The molecule has 0 radical (unpaired) electrons. The minimum absolute atomic E-state index is 0.231. The van der Waals surface area contributed by atoms with E-state index in [9.17, 15) is 4.39 Å². The van der Waals surface area contributed by atoms with Gasteiger partial charge in [-0.2, -0.15) is 0 Å². The fourth-order valence-electron chi connectivity index (χ4n) is 2.82. The second kappa shape index (κ2) is 10.4. The third kappa shape index (κ3) is 6.72. The number of rotatable bonds is 8. The maximum absolute atomic E-state index is 12.9. The van der Waals surface area contributed by atoms with Gasteiger partial charge in [-0.15, -0.1) is 0 Å². The van der Waals surface area contributed by atoms with Crippen LogP contribution in [0, 0.1) is 5.82 Å². The zero-order valence-corrected chi connectivity index (χ0v) is 16.9. The van der Waals surface area contributed by atoms with E-state index in [1.807, 2.05) is 12.1 Å². The van der Waals surface area contributed by atoms with Crippen molar-refractivity contribution >= 4 is 15.0 Å². The number of hydrogen-bond acceptors (Lipinski definition) is 4. The van der Waals surface area contributed by atoms with E-state index in [0.717, 1.165) is 48.4 Å². The molecule has 7 heteroatoms. The summed E-state index contributed by atoms with van der Waals surface area (Å²) in [5.74, 6) is -0.231. The molecule has 0 aliphatic carbocycles. The molecule has 27 heavy (non-hydrogen) atoms. The first-order valence-electron chi connectivity index (χ1n) is 8.89. The van der Waals surface area contributed by atoms with Gasteiger partial charge in [-0.3, -0.25) is 0 Å². The van der Waals surface area contributed by atoms with Crippen molar-refractivity contribution in [3.05, 3.63) is 65.5 Å². The Morgan fingerprint density at radius 3 is 2.26 bits per heavy atom. The van der Waals surface area contributed by atoms with Gasteiger partial charge in [-0.1, -0.05) is 0 Å². The van der Waals surface area contributed by atoms with Gasteiger partial charge in [0.05, 0.1) is 0 Å². The molecule has 148 valence electrons. The summed E-state index contributed by atoms with van der Waals surface area (Å²) in [5, 5.41) is 9.74. The standard InChI is InChI=1S/C20H23FN4.2Co/c21-19-5-1-18(2-6-19)15-23-16-24-20-7-3-17(4-8-20)9-12-25-13-10-22-11-14-25;;/h1-8,22-24H,9-11,13-15H2;;. The van der Waals surface area contributed by atoms with E-state index in [-0.39, 0.29) is 5.82 Å². The predicted octanol–water partition coefficient (Wildman–Crippen LogP) is 1.79. The van der Waals surface area contributed by atoms with Crippen LogP contribution < -0.4 is 16.0 Å². The summed E-state index contributed by atoms with van der Waals surface area (Å²) >= 11 is 9.23. The SMILES string of the molecule is Fc1ccc(CN[C](=[Co])Nc2ccc(C[C](=[Co])N3CCNCC3)cc2)cc1. The van der Waals surface area contributed by atoms with Gasteiger partial charge < -0.3 is 0 Å². The molecule has 0 spiro atoms. The summed E-state index contributed by atoms with van der Waals surface area (Å²) in [6, 6.07) is 14.7. The van der Waals surface area contributed by atoms with Crippen LogP contribution in [0.25, 0.3) is 0 Å². The number of nitrogens with one attached hydrogen (secondary N) is 3. The Balaban J connectivity index is 1.45. The second-order valence-electron chi connectivity index (χ2n) is 6.36. The zero-order valence-electron chi connectivity index (χ0n) is 14.9. The Kier molecular flexibility index (Phi) is 7.89. The summed E-state index contributed by atoms with van der Waals surface area (Å²) in [6.07, 6.45) is 0.833. The quantitative estimate of drug-likeness (QED) is 0.567. The van der Waals surface area contributed by atoms with E-state index < -0.39 is 0 Å². The number of halogens is 1. The van der Waals surface area contributed by atoms with Crippen LogP contribution in [0.15, 0.2) is 48.5 Å². The molecule has 2 aromatic carbocycles. The van der Waals surface area contributed by atoms with Gasteiger partial charge >= 0.3 is 175 Å². The molecule has 1 fully saturated rings. The molecule has 3 rings (SSSR count). The zero-order chi connectivity index (χ0) is 19.1. The molecule has 1 saturated heterocycles. The Labute approximate surface area is 175 Å². The monoisotopic (exact) mass is 456 g/mol. The van der Waals surface area contributed by atoms with E-state index in [1.54, 1.807) is 12.1 Å². The van der Waals surface area contributed by atoms with Gasteiger partial charge in [0, 0.05) is 0 Å². The van der Waals surface area contributed by atoms with Crippen LogP contribution in [-0.2, 0) is 43.6 Å². The predicted molar refractivity (Wildman–Crippen MR) is 101 cm³/mol. The van der Waals surface area contributed by atoms with E-state index in [0.29, 0.717) is 11.2 Å². The number of hydrogen-bond donors (Lipinski definition) is 3. The first-order valence-corrected chi connectivity index (χ1v) is 9.93. The van der Waals surface area contributed by atoms with Crippen LogP contribution >= 0.6 is 0 Å². The van der Waals surface area contributed by atoms with Gasteiger partial charge in [-0.05, 0) is 0 Å². The third-order valence-corrected chi connectivity index (χ3v) is 5.17. The van der Waals surface area contributed by atoms with Crippen LogP contribution in [0.4, 0.5) is 10.1 Å². The molecule has 0 saturated carbocycles. The molecule has 1 aliphatic heterocycles. The third-order valence-electron chi connectivity index (χ3n) is 4.34. The van der Waals surface area contributed by atoms with Crippen LogP contribution in [0.1, 0.15) is 11.1 Å². The van der Waals surface area contributed by atoms with E-state index in [1.165, 1.54) is 17.7 Å². The van der Waals surface area contributed by atoms with Crippen molar-refractivity contribution in [2.45, 2.75) is 13.0 Å². The Morgan fingerprint density at radius 2 is 1.59 bits per heavy atom. The number of benzene rings is 2. The Bertz CT molecular complexity index is 772. The van der Waals surface area contributed by atoms with Crippen molar-refractivity contribution < 1.29 is 35.0 Å². The normalized spacial score (nSPS) is 14.8. The van der Waals surface area contributed by atoms with Crippen molar-refractivity contribution in [1.29, 1.82) is 0 Å². The molecule has 1 heterocycles. The van der Waals surface area contributed by atoms with Gasteiger partial charge in [0.1, 0.15) is 0 Å². The van der Waals surface area contributed by atoms with Gasteiger partial charge in [-0.25, -0.2) is 0 Å². The van der Waals surface area contributed by atoms with Gasteiger partial charge in [0.15, 0.2) is 0 Å². The fourth-order valence-corrected chi connectivity index (χ4v) is 3.50. The molecular weight excluding hydrogens is 433 g/mol. The van der Waals surface area contributed by atoms with Crippen molar-refractivity contribution in [2.24, 2.45) is 0 Å². The number of nitrogens with zero attached hydrogens (tertiary/aromatic N) is 1. The Hall–Kier alpha value is -1.20. The van der Waals surface area contributed by atoms with Crippen LogP contribution in [0.5, 0.6) is 0 Å². The number of piperazine rings is 1. The summed E-state index contributed by atoms with van der Waals surface area (Å²) < 4.78 is 14.7. The van der Waals surface area contributed by atoms with Crippen molar-refractivity contribution in [2.75, 3.05) is 31.5 Å². The van der Waals surface area contributed by atoms with Gasteiger partial charge in [0.25, 0.3) is 0 Å². The van der Waals surface area contributed by atoms with Crippen molar-refractivity contribution in [1.82, 2.24) is 15.5 Å². The van der Waals surface area contributed by atoms with Crippen LogP contribution in [0.2, 0.25) is 0 Å². The summed E-state index contributed by atoms with van der Waals surface area (Å²) in [5.41, 5.74) is 3.17. The first kappa shape index (κ1) is 20.5. The first-order chi connectivity index (χ1) is 13.1. The second-order valence-corrected chi connectivity index (χ2v) is 7.48. The topological polar surface area (TPSA) is 39.3 Å². The Morgan fingerprint density at radius 1 is 0.963 bits per heavy atom. The molecule has 0 atom stereocenters. The maximum atomic E-state index is 12.9. The minimum atomic E-state index is -0.231. The van der Waals surface area contributed by atoms with Crippen molar-refractivity contribution in [3.63, 3.8) is 0 Å². The molecule has 0 unspecified atom stereocenters. The van der Waals surface area contributed by atoms with Crippen LogP contribution in [-0.4, -0.2) is 40.4 Å². The van der Waals surface area contributed by atoms with Gasteiger partial charge in [0.2, 0.25) is 0 Å². The molecule has 1 aliphatic rings.